The monoisotopic (exact) mass is 421 g/mol. The molecule has 2 aliphatic heterocycles. The van der Waals surface area contributed by atoms with Crippen molar-refractivity contribution in [2.24, 2.45) is 4.99 Å². The van der Waals surface area contributed by atoms with Gasteiger partial charge in [-0.2, -0.15) is 0 Å². The second kappa shape index (κ2) is 9.17. The summed E-state index contributed by atoms with van der Waals surface area (Å²) in [5.74, 6) is 0.374. The zero-order chi connectivity index (χ0) is 20.9. The highest BCUT2D eigenvalue weighted by Gasteiger charge is 2.24. The molecule has 2 aromatic carbocycles. The predicted octanol–water partition coefficient (Wildman–Crippen LogP) is 3.89. The Morgan fingerprint density at radius 3 is 2.67 bits per heavy atom. The summed E-state index contributed by atoms with van der Waals surface area (Å²) in [6.45, 7) is 3.61. The number of thioether (sulfide) groups is 1. The number of amides is 2. The van der Waals surface area contributed by atoms with Crippen molar-refractivity contribution in [2.45, 2.75) is 19.8 Å². The Morgan fingerprint density at radius 1 is 1.17 bits per heavy atom. The van der Waals surface area contributed by atoms with Crippen molar-refractivity contribution < 1.29 is 14.3 Å². The molecule has 154 valence electrons. The molecule has 2 saturated heterocycles. The lowest BCUT2D eigenvalue weighted by molar-refractivity contribution is -0.132. The van der Waals surface area contributed by atoms with Gasteiger partial charge < -0.3 is 15.0 Å². The van der Waals surface area contributed by atoms with E-state index in [2.05, 4.69) is 10.3 Å². The van der Waals surface area contributed by atoms with E-state index in [0.29, 0.717) is 15.8 Å². The van der Waals surface area contributed by atoms with Crippen molar-refractivity contribution >= 4 is 40.5 Å². The Hall–Kier alpha value is -3.06. The number of aryl methyl sites for hydroxylation is 1. The SMILES string of the molecule is Cc1ccc(N=C2NC(=O)C(=Cc3ccccc3OCC(=O)N3CCCC3)S2)cc1. The number of amidine groups is 1. The molecular formula is C23H23N3O3S. The van der Waals surface area contributed by atoms with E-state index in [1.807, 2.05) is 60.4 Å². The number of likely N-dealkylation sites (tertiary alicyclic amines) is 1. The maximum absolute atomic E-state index is 12.4. The van der Waals surface area contributed by atoms with Crippen LogP contribution in [0.15, 0.2) is 58.4 Å². The van der Waals surface area contributed by atoms with Crippen molar-refractivity contribution in [1.82, 2.24) is 10.2 Å². The van der Waals surface area contributed by atoms with Crippen LogP contribution in [-0.2, 0) is 9.59 Å². The molecule has 0 aromatic heterocycles. The summed E-state index contributed by atoms with van der Waals surface area (Å²) in [7, 11) is 0. The molecule has 30 heavy (non-hydrogen) atoms. The summed E-state index contributed by atoms with van der Waals surface area (Å²) in [5, 5.41) is 3.34. The third-order valence-corrected chi connectivity index (χ3v) is 5.84. The van der Waals surface area contributed by atoms with Crippen LogP contribution >= 0.6 is 11.8 Å². The molecule has 0 radical (unpaired) electrons. The van der Waals surface area contributed by atoms with Crippen molar-refractivity contribution in [2.75, 3.05) is 19.7 Å². The van der Waals surface area contributed by atoms with Gasteiger partial charge >= 0.3 is 0 Å². The smallest absolute Gasteiger partial charge is 0.264 e. The Balaban J connectivity index is 1.47. The molecule has 0 saturated carbocycles. The molecule has 1 N–H and O–H groups in total. The summed E-state index contributed by atoms with van der Waals surface area (Å²) in [6.07, 6.45) is 3.87. The van der Waals surface area contributed by atoms with Gasteiger partial charge in [-0.05, 0) is 55.8 Å². The van der Waals surface area contributed by atoms with Crippen molar-refractivity contribution in [3.05, 3.63) is 64.6 Å². The number of nitrogens with zero attached hydrogens (tertiary/aromatic N) is 2. The van der Waals surface area contributed by atoms with E-state index >= 15 is 0 Å². The molecule has 0 spiro atoms. The van der Waals surface area contributed by atoms with E-state index in [-0.39, 0.29) is 18.4 Å². The number of hydrogen-bond acceptors (Lipinski definition) is 5. The first-order valence-electron chi connectivity index (χ1n) is 9.94. The highest BCUT2D eigenvalue weighted by Crippen LogP contribution is 2.30. The molecule has 0 aliphatic carbocycles. The number of carbonyl (C=O) groups is 2. The molecule has 0 unspecified atom stereocenters. The predicted molar refractivity (Wildman–Crippen MR) is 120 cm³/mol. The van der Waals surface area contributed by atoms with E-state index in [9.17, 15) is 9.59 Å². The minimum atomic E-state index is -0.200. The van der Waals surface area contributed by atoms with Crippen LogP contribution in [0.4, 0.5) is 5.69 Å². The van der Waals surface area contributed by atoms with E-state index in [1.54, 1.807) is 6.08 Å². The van der Waals surface area contributed by atoms with Crippen LogP contribution < -0.4 is 10.1 Å². The normalized spacial score (nSPS) is 18.8. The largest absolute Gasteiger partial charge is 0.483 e. The number of aliphatic imine (C=N–C) groups is 1. The van der Waals surface area contributed by atoms with Gasteiger partial charge in [-0.3, -0.25) is 9.59 Å². The third kappa shape index (κ3) is 4.91. The number of rotatable bonds is 5. The van der Waals surface area contributed by atoms with Gasteiger partial charge in [0.1, 0.15) is 5.75 Å². The highest BCUT2D eigenvalue weighted by atomic mass is 32.2. The Bertz CT molecular complexity index is 1010. The quantitative estimate of drug-likeness (QED) is 0.744. The molecule has 0 bridgehead atoms. The number of hydrogen-bond donors (Lipinski definition) is 1. The van der Waals surface area contributed by atoms with Crippen LogP contribution in [0.2, 0.25) is 0 Å². The van der Waals surface area contributed by atoms with Gasteiger partial charge in [-0.1, -0.05) is 35.9 Å². The van der Waals surface area contributed by atoms with Gasteiger partial charge in [0.05, 0.1) is 10.6 Å². The fraction of sp³-hybridized carbons (Fsp3) is 0.261. The second-order valence-electron chi connectivity index (χ2n) is 7.23. The van der Waals surface area contributed by atoms with Crippen LogP contribution in [0, 0.1) is 6.92 Å². The maximum atomic E-state index is 12.4. The molecule has 2 aromatic rings. The van der Waals surface area contributed by atoms with Gasteiger partial charge in [0.25, 0.3) is 11.8 Å². The van der Waals surface area contributed by atoms with Crippen molar-refractivity contribution in [3.63, 3.8) is 0 Å². The lowest BCUT2D eigenvalue weighted by Gasteiger charge is -2.16. The van der Waals surface area contributed by atoms with Crippen LogP contribution in [-0.4, -0.2) is 41.6 Å². The molecule has 0 atom stereocenters. The second-order valence-corrected chi connectivity index (χ2v) is 8.26. The lowest BCUT2D eigenvalue weighted by Crippen LogP contribution is -2.32. The fourth-order valence-corrected chi connectivity index (χ4v) is 4.12. The minimum Gasteiger partial charge on any atom is -0.483 e. The van der Waals surface area contributed by atoms with Gasteiger partial charge in [0, 0.05) is 18.7 Å². The van der Waals surface area contributed by atoms with E-state index < -0.39 is 0 Å². The number of ether oxygens (including phenoxy) is 1. The summed E-state index contributed by atoms with van der Waals surface area (Å²) >= 11 is 1.29. The van der Waals surface area contributed by atoms with Crippen molar-refractivity contribution in [1.29, 1.82) is 0 Å². The summed E-state index contributed by atoms with van der Waals surface area (Å²) in [4.78, 5) is 31.5. The average Bonchev–Trinajstić information content (AvgIpc) is 3.39. The first-order chi connectivity index (χ1) is 14.6. The van der Waals surface area contributed by atoms with Crippen molar-refractivity contribution in [3.8, 4) is 5.75 Å². The minimum absolute atomic E-state index is 0.000339. The van der Waals surface area contributed by atoms with Crippen LogP contribution in [0.5, 0.6) is 5.75 Å². The number of para-hydroxylation sites is 1. The zero-order valence-corrected chi connectivity index (χ0v) is 17.6. The number of carbonyl (C=O) groups excluding carboxylic acids is 2. The molecule has 4 rings (SSSR count). The summed E-state index contributed by atoms with van der Waals surface area (Å²) < 4.78 is 5.78. The number of nitrogens with one attached hydrogen (secondary N) is 1. The fourth-order valence-electron chi connectivity index (χ4n) is 3.29. The van der Waals surface area contributed by atoms with Gasteiger partial charge in [-0.25, -0.2) is 4.99 Å². The van der Waals surface area contributed by atoms with Crippen LogP contribution in [0.1, 0.15) is 24.0 Å². The molecule has 2 aliphatic rings. The zero-order valence-electron chi connectivity index (χ0n) is 16.8. The van der Waals surface area contributed by atoms with Crippen LogP contribution in [0.25, 0.3) is 6.08 Å². The molecule has 2 amide bonds. The van der Waals surface area contributed by atoms with Gasteiger partial charge in [0.2, 0.25) is 0 Å². The first-order valence-corrected chi connectivity index (χ1v) is 10.8. The molecule has 2 fully saturated rings. The average molecular weight is 422 g/mol. The van der Waals surface area contributed by atoms with Gasteiger partial charge in [0.15, 0.2) is 11.8 Å². The maximum Gasteiger partial charge on any atom is 0.264 e. The highest BCUT2D eigenvalue weighted by molar-refractivity contribution is 8.18. The Morgan fingerprint density at radius 2 is 1.90 bits per heavy atom. The summed E-state index contributed by atoms with van der Waals surface area (Å²) in [5.41, 5.74) is 2.69. The number of benzene rings is 2. The Kier molecular flexibility index (Phi) is 6.18. The first kappa shape index (κ1) is 20.2. The third-order valence-electron chi connectivity index (χ3n) is 4.93. The summed E-state index contributed by atoms with van der Waals surface area (Å²) in [6, 6.07) is 15.2. The van der Waals surface area contributed by atoms with E-state index in [4.69, 9.17) is 4.74 Å². The van der Waals surface area contributed by atoms with Gasteiger partial charge in [-0.15, -0.1) is 0 Å². The molecule has 2 heterocycles. The van der Waals surface area contributed by atoms with E-state index in [1.165, 1.54) is 11.8 Å². The van der Waals surface area contributed by atoms with Crippen LogP contribution in [0.3, 0.4) is 0 Å². The lowest BCUT2D eigenvalue weighted by atomic mass is 10.2. The molecule has 6 nitrogen and oxygen atoms in total. The standard InChI is InChI=1S/C23H23N3O3S/c1-16-8-10-18(11-9-16)24-23-25-22(28)20(30-23)14-17-6-2-3-7-19(17)29-15-21(27)26-12-4-5-13-26/h2-3,6-11,14H,4-5,12-13,15H2,1H3,(H,24,25,28). The molecular weight excluding hydrogens is 398 g/mol. The Labute approximate surface area is 180 Å². The molecule has 7 heteroatoms. The topological polar surface area (TPSA) is 71.0 Å². The van der Waals surface area contributed by atoms with E-state index in [0.717, 1.165) is 42.7 Å².